The number of nitrogens with two attached hydrogens (primary N) is 1. The zero-order valence-electron chi connectivity index (χ0n) is 36.9. The summed E-state index contributed by atoms with van der Waals surface area (Å²) in [7, 11) is 0. The van der Waals surface area contributed by atoms with Gasteiger partial charge >= 0.3 is 0 Å². The van der Waals surface area contributed by atoms with E-state index in [-0.39, 0.29) is 17.4 Å². The number of anilines is 2. The van der Waals surface area contributed by atoms with Crippen LogP contribution in [0.25, 0.3) is 34.4 Å². The topological polar surface area (TPSA) is 178 Å². The number of pyridine rings is 2. The van der Waals surface area contributed by atoms with Crippen molar-refractivity contribution in [3.05, 3.63) is 143 Å². The highest BCUT2D eigenvalue weighted by atomic mass is 79.9. The Hall–Kier alpha value is -6.95. The van der Waals surface area contributed by atoms with Crippen LogP contribution in [-0.4, -0.2) is 64.5 Å². The number of nitrogens with one attached hydrogen (secondary N) is 1. The van der Waals surface area contributed by atoms with E-state index in [1.165, 1.54) is 25.0 Å². The van der Waals surface area contributed by atoms with Crippen LogP contribution in [-0.2, 0) is 0 Å². The molecule has 6 aromatic heterocycles. The van der Waals surface area contributed by atoms with Gasteiger partial charge in [0.2, 0.25) is 0 Å². The Morgan fingerprint density at radius 1 is 0.708 bits per heavy atom. The lowest BCUT2D eigenvalue weighted by molar-refractivity contribution is 0.102. The molecule has 2 aromatic carbocycles. The van der Waals surface area contributed by atoms with Crippen LogP contribution >= 0.6 is 15.9 Å². The molecule has 65 heavy (non-hydrogen) atoms. The number of imidazole rings is 2. The van der Waals surface area contributed by atoms with E-state index in [1.807, 2.05) is 70.5 Å². The summed E-state index contributed by atoms with van der Waals surface area (Å²) in [6.45, 7) is 11.9. The first-order valence-corrected chi connectivity index (χ1v) is 22.2. The third-order valence-electron chi connectivity index (χ3n) is 11.0. The molecule has 0 aliphatic heterocycles. The smallest absolute Gasteiger partial charge is 0.259 e. The number of carbonyl (C=O) groups excluding carboxylic acids is 1. The van der Waals surface area contributed by atoms with Gasteiger partial charge in [0.05, 0.1) is 45.5 Å². The fourth-order valence-electron chi connectivity index (χ4n) is 7.14. The molecule has 0 unspecified atom stereocenters. The molecular formula is C47H49BrF2N14O. The van der Waals surface area contributed by atoms with Crippen LogP contribution in [0, 0.1) is 25.5 Å². The molecule has 8 aromatic rings. The summed E-state index contributed by atoms with van der Waals surface area (Å²) >= 11 is 3.22. The van der Waals surface area contributed by atoms with Gasteiger partial charge in [0.25, 0.3) is 5.91 Å². The van der Waals surface area contributed by atoms with E-state index in [0.29, 0.717) is 51.2 Å². The number of halogens is 3. The van der Waals surface area contributed by atoms with Crippen LogP contribution in [0.2, 0.25) is 0 Å². The molecule has 2 saturated carbocycles. The van der Waals surface area contributed by atoms with Gasteiger partial charge < -0.3 is 29.3 Å². The van der Waals surface area contributed by atoms with Gasteiger partial charge in [-0.25, -0.2) is 28.7 Å². The van der Waals surface area contributed by atoms with Crippen molar-refractivity contribution < 1.29 is 13.6 Å². The quantitative estimate of drug-likeness (QED) is 0.134. The van der Waals surface area contributed by atoms with Gasteiger partial charge in [0, 0.05) is 36.3 Å². The minimum Gasteiger partial charge on any atom is -0.384 e. The largest absolute Gasteiger partial charge is 0.384 e. The maximum Gasteiger partial charge on any atom is 0.259 e. The van der Waals surface area contributed by atoms with Crippen molar-refractivity contribution >= 4 is 33.5 Å². The molecule has 2 aliphatic carbocycles. The Balaban J connectivity index is 0.000000150. The SMILES string of the molecule is CC(C)n1cnnc1-c1cccc(N)n1.Cc1cc(F)c(Br)cc1-n1cnc(C2CC2)c1.Cc1cc(F)c(C(=O)Nc2cccc(-c3nncn3C(C)C)n2)cc1-n1cnc(C2CC2)c1. The lowest BCUT2D eigenvalue weighted by atomic mass is 10.1. The first-order chi connectivity index (χ1) is 31.2. The summed E-state index contributed by atoms with van der Waals surface area (Å²) in [4.78, 5) is 30.5. The minimum atomic E-state index is -0.591. The molecule has 334 valence electrons. The average molecular weight is 944 g/mol. The predicted octanol–water partition coefficient (Wildman–Crippen LogP) is 10.1. The molecule has 2 fully saturated rings. The molecule has 0 saturated heterocycles. The fraction of sp³-hybridized carbons (Fsp3) is 0.298. The Kier molecular flexibility index (Phi) is 13.1. The van der Waals surface area contributed by atoms with Gasteiger partial charge in [-0.3, -0.25) is 4.79 Å². The van der Waals surface area contributed by atoms with Gasteiger partial charge in [-0.05, 0) is 143 Å². The van der Waals surface area contributed by atoms with E-state index in [9.17, 15) is 13.6 Å². The van der Waals surface area contributed by atoms with Gasteiger partial charge in [0.1, 0.15) is 47.3 Å². The predicted molar refractivity (Wildman–Crippen MR) is 248 cm³/mol. The molecule has 0 spiro atoms. The molecule has 0 bridgehead atoms. The molecule has 18 heteroatoms. The normalized spacial score (nSPS) is 13.3. The molecule has 2 aliphatic rings. The molecular weight excluding hydrogens is 895 g/mol. The number of nitrogens with zero attached hydrogens (tertiary/aromatic N) is 12. The van der Waals surface area contributed by atoms with Gasteiger partial charge in [-0.15, -0.1) is 20.4 Å². The van der Waals surface area contributed by atoms with Crippen LogP contribution in [0.1, 0.15) is 110 Å². The van der Waals surface area contributed by atoms with E-state index >= 15 is 0 Å². The van der Waals surface area contributed by atoms with Crippen LogP contribution in [0.15, 0.2) is 103 Å². The first-order valence-electron chi connectivity index (χ1n) is 21.4. The van der Waals surface area contributed by atoms with Crippen LogP contribution in [0.4, 0.5) is 20.4 Å². The maximum atomic E-state index is 14.8. The van der Waals surface area contributed by atoms with Crippen molar-refractivity contribution in [2.75, 3.05) is 11.1 Å². The lowest BCUT2D eigenvalue weighted by Crippen LogP contribution is -2.16. The third-order valence-corrected chi connectivity index (χ3v) is 11.6. The fourth-order valence-corrected chi connectivity index (χ4v) is 7.47. The Morgan fingerprint density at radius 3 is 1.74 bits per heavy atom. The molecule has 10 rings (SSSR count). The standard InChI is InChI=1S/C24H24FN7O.C13H12BrFN2.C10H13N5/c1-14(2)32-13-27-30-23(32)19-5-4-6-22(28-19)29-24(33)17-10-21(15(3)9-18(17)25)31-11-20(26-12-31)16-7-8-16;1-8-4-11(15)10(14)5-13(8)17-6-12(16-7-17)9-2-3-9;1-7(2)15-6-12-14-10(15)8-4-3-5-9(11)13-8/h4-6,9-14,16H,7-8H2,1-3H3,(H,28,29,33);4-7,9H,2-3H2,1H3;3-7H,1-2H3,(H2,11,13). The summed E-state index contributed by atoms with van der Waals surface area (Å²) in [6.07, 6.45) is 15.6. The number of carbonyl (C=O) groups is 1. The van der Waals surface area contributed by atoms with E-state index in [2.05, 4.69) is 75.4 Å². The van der Waals surface area contributed by atoms with E-state index in [0.717, 1.165) is 52.6 Å². The zero-order chi connectivity index (χ0) is 45.9. The van der Waals surface area contributed by atoms with Crippen molar-refractivity contribution in [3.8, 4) is 34.4 Å². The number of aryl methyl sites for hydroxylation is 2. The van der Waals surface area contributed by atoms with Crippen molar-refractivity contribution in [2.24, 2.45) is 0 Å². The second kappa shape index (κ2) is 19.0. The number of hydrogen-bond acceptors (Lipinski definition) is 10. The monoisotopic (exact) mass is 942 g/mol. The number of aromatic nitrogens is 12. The summed E-state index contributed by atoms with van der Waals surface area (Å²) in [5.41, 5.74) is 12.4. The van der Waals surface area contributed by atoms with Crippen molar-refractivity contribution in [2.45, 2.75) is 91.1 Å². The van der Waals surface area contributed by atoms with Gasteiger partial charge in [-0.2, -0.15) is 0 Å². The molecule has 0 radical (unpaired) electrons. The first kappa shape index (κ1) is 44.6. The molecule has 0 atom stereocenters. The Labute approximate surface area is 383 Å². The second-order valence-electron chi connectivity index (χ2n) is 16.8. The van der Waals surface area contributed by atoms with Crippen molar-refractivity contribution in [3.63, 3.8) is 0 Å². The van der Waals surface area contributed by atoms with Crippen LogP contribution in [0.5, 0.6) is 0 Å². The average Bonchev–Trinajstić information content (AvgIpc) is 4.00. The summed E-state index contributed by atoms with van der Waals surface area (Å²) in [6, 6.07) is 17.4. The lowest BCUT2D eigenvalue weighted by Gasteiger charge is -2.12. The number of benzene rings is 2. The van der Waals surface area contributed by atoms with Gasteiger partial charge in [0.15, 0.2) is 11.6 Å². The zero-order valence-corrected chi connectivity index (χ0v) is 38.4. The summed E-state index contributed by atoms with van der Waals surface area (Å²) in [5.74, 6) is 1.89. The highest BCUT2D eigenvalue weighted by Gasteiger charge is 2.27. The Bertz CT molecular complexity index is 2960. The van der Waals surface area contributed by atoms with Crippen molar-refractivity contribution in [1.82, 2.24) is 58.6 Å². The van der Waals surface area contributed by atoms with Crippen LogP contribution in [0.3, 0.4) is 0 Å². The Morgan fingerprint density at radius 2 is 1.22 bits per heavy atom. The molecule has 3 N–H and O–H groups in total. The second-order valence-corrected chi connectivity index (χ2v) is 17.6. The van der Waals surface area contributed by atoms with E-state index in [4.69, 9.17) is 5.73 Å². The van der Waals surface area contributed by atoms with Crippen molar-refractivity contribution in [1.29, 1.82) is 0 Å². The molecule has 1 amide bonds. The number of nitrogen functional groups attached to an aromatic ring is 1. The van der Waals surface area contributed by atoms with Crippen LogP contribution < -0.4 is 11.1 Å². The van der Waals surface area contributed by atoms with E-state index < -0.39 is 11.7 Å². The number of hydrogen-bond donors (Lipinski definition) is 2. The highest BCUT2D eigenvalue weighted by Crippen LogP contribution is 2.40. The summed E-state index contributed by atoms with van der Waals surface area (Å²) in [5, 5.41) is 18.7. The third kappa shape index (κ3) is 10.4. The molecule has 6 heterocycles. The minimum absolute atomic E-state index is 0.0603. The maximum absolute atomic E-state index is 14.8. The highest BCUT2D eigenvalue weighted by molar-refractivity contribution is 9.10. The number of amides is 1. The summed E-state index contributed by atoms with van der Waals surface area (Å²) < 4.78 is 36.3. The molecule has 15 nitrogen and oxygen atoms in total. The number of rotatable bonds is 10. The van der Waals surface area contributed by atoms with E-state index in [1.54, 1.807) is 61.7 Å². The van der Waals surface area contributed by atoms with Gasteiger partial charge in [-0.1, -0.05) is 12.1 Å².